The van der Waals surface area contributed by atoms with E-state index in [9.17, 15) is 5.11 Å². The van der Waals surface area contributed by atoms with E-state index >= 15 is 0 Å². The van der Waals surface area contributed by atoms with Gasteiger partial charge in [0.2, 0.25) is 0 Å². The Balaban J connectivity index is 1.99. The van der Waals surface area contributed by atoms with Crippen LogP contribution in [0.15, 0.2) is 60.7 Å². The Labute approximate surface area is 157 Å². The maximum absolute atomic E-state index is 9.82. The van der Waals surface area contributed by atoms with E-state index in [-0.39, 0.29) is 5.75 Å². The van der Waals surface area contributed by atoms with Gasteiger partial charge in [-0.15, -0.1) is 0 Å². The first-order valence-electron chi connectivity index (χ1n) is 8.76. The van der Waals surface area contributed by atoms with Crippen LogP contribution in [0.1, 0.15) is 11.3 Å². The number of ether oxygens (including phenoxy) is 1. The zero-order valence-electron chi connectivity index (χ0n) is 15.5. The van der Waals surface area contributed by atoms with Gasteiger partial charge in [0, 0.05) is 23.0 Å². The van der Waals surface area contributed by atoms with Crippen LogP contribution in [0, 0.1) is 13.8 Å². The van der Waals surface area contributed by atoms with Gasteiger partial charge in [0.25, 0.3) is 0 Å². The number of hydrogen-bond donors (Lipinski definition) is 2. The lowest BCUT2D eigenvalue weighted by Crippen LogP contribution is -2.01. The molecular formula is C22H21N3O2. The first-order valence-corrected chi connectivity index (χ1v) is 8.76. The molecule has 0 aliphatic rings. The Kier molecular flexibility index (Phi) is 4.20. The highest BCUT2D eigenvalue weighted by Crippen LogP contribution is 2.38. The summed E-state index contributed by atoms with van der Waals surface area (Å²) in [6.45, 7) is 4.12. The van der Waals surface area contributed by atoms with Crippen LogP contribution in [0.2, 0.25) is 0 Å². The van der Waals surface area contributed by atoms with Crippen molar-refractivity contribution in [1.82, 2.24) is 9.38 Å². The number of rotatable bonds is 4. The zero-order chi connectivity index (χ0) is 19.0. The van der Waals surface area contributed by atoms with Gasteiger partial charge in [-0.1, -0.05) is 24.3 Å². The summed E-state index contributed by atoms with van der Waals surface area (Å²) in [6, 6.07) is 19.2. The van der Waals surface area contributed by atoms with Crippen molar-refractivity contribution in [3.8, 4) is 22.8 Å². The van der Waals surface area contributed by atoms with E-state index in [2.05, 4.69) is 35.7 Å². The van der Waals surface area contributed by atoms with E-state index in [1.165, 1.54) is 0 Å². The minimum atomic E-state index is 0.156. The predicted molar refractivity (Wildman–Crippen MR) is 108 cm³/mol. The molecule has 0 saturated heterocycles. The monoisotopic (exact) mass is 359 g/mol. The summed E-state index contributed by atoms with van der Waals surface area (Å²) >= 11 is 0. The summed E-state index contributed by atoms with van der Waals surface area (Å²) in [5.41, 5.74) is 5.65. The fourth-order valence-corrected chi connectivity index (χ4v) is 3.27. The number of nitrogens with one attached hydrogen (secondary N) is 1. The third-order valence-electron chi connectivity index (χ3n) is 4.68. The molecule has 2 N–H and O–H groups in total. The number of aromatic hydroxyl groups is 1. The second-order valence-electron chi connectivity index (χ2n) is 6.49. The molecule has 2 aromatic heterocycles. The molecule has 5 heteroatoms. The number of methoxy groups -OCH3 is 1. The number of phenols is 1. The summed E-state index contributed by atoms with van der Waals surface area (Å²) in [6.07, 6.45) is 0. The summed E-state index contributed by atoms with van der Waals surface area (Å²) in [5.74, 6) is 1.59. The molecule has 2 heterocycles. The van der Waals surface area contributed by atoms with Crippen LogP contribution in [-0.4, -0.2) is 21.6 Å². The van der Waals surface area contributed by atoms with Crippen molar-refractivity contribution in [3.63, 3.8) is 0 Å². The average Bonchev–Trinajstić information content (AvgIpc) is 3.03. The molecule has 4 aromatic rings. The first kappa shape index (κ1) is 17.0. The number of aromatic nitrogens is 2. The Morgan fingerprint density at radius 1 is 1.00 bits per heavy atom. The number of fused-ring (bicyclic) bond motifs is 1. The van der Waals surface area contributed by atoms with E-state index in [0.717, 1.165) is 39.7 Å². The van der Waals surface area contributed by atoms with Crippen LogP contribution in [0.3, 0.4) is 0 Å². The number of anilines is 2. The highest BCUT2D eigenvalue weighted by Gasteiger charge is 2.19. The number of para-hydroxylation sites is 1. The van der Waals surface area contributed by atoms with Crippen LogP contribution in [0.5, 0.6) is 11.5 Å². The number of pyridine rings is 1. The molecule has 0 bridgehead atoms. The molecule has 27 heavy (non-hydrogen) atoms. The van der Waals surface area contributed by atoms with E-state index < -0.39 is 0 Å². The van der Waals surface area contributed by atoms with Crippen molar-refractivity contribution in [3.05, 3.63) is 71.9 Å². The van der Waals surface area contributed by atoms with Gasteiger partial charge in [-0.25, -0.2) is 4.98 Å². The van der Waals surface area contributed by atoms with Gasteiger partial charge >= 0.3 is 0 Å². The van der Waals surface area contributed by atoms with Gasteiger partial charge in [0.1, 0.15) is 28.7 Å². The van der Waals surface area contributed by atoms with Crippen molar-refractivity contribution >= 4 is 17.2 Å². The highest BCUT2D eigenvalue weighted by molar-refractivity contribution is 5.83. The molecule has 0 amide bonds. The average molecular weight is 359 g/mol. The maximum atomic E-state index is 9.82. The minimum Gasteiger partial charge on any atom is -0.508 e. The summed E-state index contributed by atoms with van der Waals surface area (Å²) in [4.78, 5) is 4.85. The molecule has 0 radical (unpaired) electrons. The van der Waals surface area contributed by atoms with Gasteiger partial charge < -0.3 is 15.2 Å². The van der Waals surface area contributed by atoms with E-state index in [1.807, 2.05) is 36.4 Å². The first-order chi connectivity index (χ1) is 13.1. The standard InChI is InChI=1S/C22H21N3O2/c1-14-7-4-5-9-18(14)23-22-21(17-12-11-16(26)13-19(17)27-3)24-20-10-6-8-15(2)25(20)22/h4-13,23,26H,1-3H3. The van der Waals surface area contributed by atoms with Crippen LogP contribution in [0.25, 0.3) is 16.9 Å². The molecule has 4 rings (SSSR count). The van der Waals surface area contributed by atoms with E-state index in [0.29, 0.717) is 5.75 Å². The molecule has 136 valence electrons. The molecule has 0 aliphatic heterocycles. The number of aryl methyl sites for hydroxylation is 2. The van der Waals surface area contributed by atoms with Crippen LogP contribution in [0.4, 0.5) is 11.5 Å². The third-order valence-corrected chi connectivity index (χ3v) is 4.68. The molecule has 0 fully saturated rings. The second-order valence-corrected chi connectivity index (χ2v) is 6.49. The molecule has 0 saturated carbocycles. The fourth-order valence-electron chi connectivity index (χ4n) is 3.27. The summed E-state index contributed by atoms with van der Waals surface area (Å²) in [7, 11) is 1.59. The van der Waals surface area contributed by atoms with Gasteiger partial charge in [0.15, 0.2) is 0 Å². The maximum Gasteiger partial charge on any atom is 0.143 e. The molecule has 0 unspecified atom stereocenters. The number of imidazole rings is 1. The largest absolute Gasteiger partial charge is 0.508 e. The number of phenolic OH excluding ortho intramolecular Hbond substituents is 1. The van der Waals surface area contributed by atoms with Crippen molar-refractivity contribution in [1.29, 1.82) is 0 Å². The number of benzene rings is 2. The Morgan fingerprint density at radius 3 is 2.59 bits per heavy atom. The van der Waals surface area contributed by atoms with Gasteiger partial charge in [-0.05, 0) is 49.7 Å². The topological polar surface area (TPSA) is 58.8 Å². The van der Waals surface area contributed by atoms with Crippen LogP contribution in [-0.2, 0) is 0 Å². The van der Waals surface area contributed by atoms with Gasteiger partial charge in [0.05, 0.1) is 7.11 Å². The Hall–Kier alpha value is -3.47. The lowest BCUT2D eigenvalue weighted by molar-refractivity contribution is 0.409. The fraction of sp³-hybridized carbons (Fsp3) is 0.136. The van der Waals surface area contributed by atoms with Crippen molar-refractivity contribution < 1.29 is 9.84 Å². The summed E-state index contributed by atoms with van der Waals surface area (Å²) in [5, 5.41) is 13.4. The molecule has 0 spiro atoms. The summed E-state index contributed by atoms with van der Waals surface area (Å²) < 4.78 is 7.59. The Bertz CT molecular complexity index is 1130. The van der Waals surface area contributed by atoms with Crippen molar-refractivity contribution in [2.45, 2.75) is 13.8 Å². The number of hydrogen-bond acceptors (Lipinski definition) is 4. The van der Waals surface area contributed by atoms with Gasteiger partial charge in [-0.2, -0.15) is 0 Å². The lowest BCUT2D eigenvalue weighted by Gasteiger charge is -2.14. The van der Waals surface area contributed by atoms with Gasteiger partial charge in [-0.3, -0.25) is 4.40 Å². The van der Waals surface area contributed by atoms with E-state index in [1.54, 1.807) is 19.2 Å². The van der Waals surface area contributed by atoms with Crippen LogP contribution < -0.4 is 10.1 Å². The molecule has 5 nitrogen and oxygen atoms in total. The smallest absolute Gasteiger partial charge is 0.143 e. The predicted octanol–water partition coefficient (Wildman–Crippen LogP) is 5.08. The minimum absolute atomic E-state index is 0.156. The molecule has 0 atom stereocenters. The molecule has 0 aliphatic carbocycles. The van der Waals surface area contributed by atoms with E-state index in [4.69, 9.17) is 9.72 Å². The number of nitrogens with zero attached hydrogens (tertiary/aromatic N) is 2. The second kappa shape index (κ2) is 6.68. The van der Waals surface area contributed by atoms with Crippen LogP contribution >= 0.6 is 0 Å². The third kappa shape index (κ3) is 2.97. The molecule has 2 aromatic carbocycles. The van der Waals surface area contributed by atoms with Crippen molar-refractivity contribution in [2.75, 3.05) is 12.4 Å². The SMILES string of the molecule is COc1cc(O)ccc1-c1nc2cccc(C)n2c1Nc1ccccc1C. The Morgan fingerprint density at radius 2 is 1.81 bits per heavy atom. The zero-order valence-corrected chi connectivity index (χ0v) is 15.5. The lowest BCUT2D eigenvalue weighted by atomic mass is 10.1. The quantitative estimate of drug-likeness (QED) is 0.534. The normalized spacial score (nSPS) is 10.9. The van der Waals surface area contributed by atoms with Crippen molar-refractivity contribution in [2.24, 2.45) is 0 Å². The highest BCUT2D eigenvalue weighted by atomic mass is 16.5. The molecular weight excluding hydrogens is 338 g/mol.